The fourth-order valence-electron chi connectivity index (χ4n) is 0.820. The van der Waals surface area contributed by atoms with E-state index in [0.29, 0.717) is 5.75 Å². The number of ether oxygens (including phenoxy) is 1. The molecule has 0 aliphatic rings. The van der Waals surface area contributed by atoms with E-state index >= 15 is 0 Å². The maximum Gasteiger partial charge on any atom is 0.327 e. The summed E-state index contributed by atoms with van der Waals surface area (Å²) in [6.45, 7) is 0. The normalized spacial score (nSPS) is 11.4. The van der Waals surface area contributed by atoms with E-state index in [2.05, 4.69) is 20.7 Å². The van der Waals surface area contributed by atoms with E-state index in [1.54, 1.807) is 11.8 Å². The van der Waals surface area contributed by atoms with E-state index in [4.69, 9.17) is 0 Å². The van der Waals surface area contributed by atoms with Crippen LogP contribution in [-0.2, 0) is 9.84 Å². The molecule has 75 valence electrons. The molecule has 1 radical (unpaired) electrons. The molecule has 0 bridgehead atoms. The molecule has 1 rings (SSSR count). The summed E-state index contributed by atoms with van der Waals surface area (Å²) in [5.41, 5.74) is 0. The second kappa shape index (κ2) is 5.98. The molecule has 1 aromatic rings. The molecule has 0 saturated heterocycles. The predicted molar refractivity (Wildman–Crippen MR) is 60.6 cm³/mol. The highest BCUT2D eigenvalue weighted by atomic mass is 79.9. The zero-order chi connectivity index (χ0) is 10.4. The summed E-state index contributed by atoms with van der Waals surface area (Å²) in [5, 5.41) is 10.8. The second-order valence-electron chi connectivity index (χ2n) is 2.49. The first kappa shape index (κ1) is 11.5. The fourth-order valence-corrected chi connectivity index (χ4v) is 1.82. The Balaban J connectivity index is 2.42. The molecule has 0 fully saturated rings. The van der Waals surface area contributed by atoms with Gasteiger partial charge in [-0.25, -0.2) is 5.11 Å². The third-order valence-corrected chi connectivity index (χ3v) is 2.98. The average Bonchev–Trinajstić information content (AvgIpc) is 2.21. The minimum Gasteiger partial charge on any atom is -0.466 e. The van der Waals surface area contributed by atoms with Crippen molar-refractivity contribution < 1.29 is 9.84 Å². The van der Waals surface area contributed by atoms with Crippen molar-refractivity contribution in [1.82, 2.24) is 0 Å². The summed E-state index contributed by atoms with van der Waals surface area (Å²) in [4.78, 5) is 1.13. The van der Waals surface area contributed by atoms with Gasteiger partial charge in [0.15, 0.2) is 0 Å². The molecule has 14 heavy (non-hydrogen) atoms. The van der Waals surface area contributed by atoms with Gasteiger partial charge in [-0.1, -0.05) is 15.9 Å². The summed E-state index contributed by atoms with van der Waals surface area (Å²) in [6.07, 6.45) is 1.52. The van der Waals surface area contributed by atoms with Crippen molar-refractivity contribution in [3.8, 4) is 0 Å². The molecule has 0 aliphatic heterocycles. The average molecular weight is 274 g/mol. The van der Waals surface area contributed by atoms with Crippen molar-refractivity contribution in [3.63, 3.8) is 0 Å². The summed E-state index contributed by atoms with van der Waals surface area (Å²) in [5.74, 6) is 0.350. The van der Waals surface area contributed by atoms with Gasteiger partial charge in [0.25, 0.3) is 0 Å². The smallest absolute Gasteiger partial charge is 0.327 e. The topological polar surface area (TPSA) is 29.1 Å². The van der Waals surface area contributed by atoms with Crippen molar-refractivity contribution in [3.05, 3.63) is 40.8 Å². The van der Waals surface area contributed by atoms with Crippen LogP contribution in [0.15, 0.2) is 45.7 Å². The molecule has 0 amide bonds. The standard InChI is InChI=1S/C10H10BrO2S/c1-13-10(12)6-7-14-9-4-2-8(11)3-5-9/h2-6H,7H2,1H3. The van der Waals surface area contributed by atoms with Crippen LogP contribution in [0.5, 0.6) is 0 Å². The first-order valence-corrected chi connectivity index (χ1v) is 5.80. The Hall–Kier alpha value is -0.610. The summed E-state index contributed by atoms with van der Waals surface area (Å²) in [6, 6.07) is 7.95. The van der Waals surface area contributed by atoms with Crippen LogP contribution in [-0.4, -0.2) is 12.9 Å². The number of halogens is 1. The van der Waals surface area contributed by atoms with Crippen LogP contribution in [0.4, 0.5) is 0 Å². The minimum atomic E-state index is -0.283. The van der Waals surface area contributed by atoms with Gasteiger partial charge in [-0.2, -0.15) is 0 Å². The molecule has 4 heteroatoms. The summed E-state index contributed by atoms with van der Waals surface area (Å²) < 4.78 is 5.55. The molecular weight excluding hydrogens is 264 g/mol. The molecule has 0 unspecified atom stereocenters. The SMILES string of the molecule is COC([O])=CCSc1ccc(Br)cc1. The van der Waals surface area contributed by atoms with Crippen molar-refractivity contribution in [2.75, 3.05) is 12.9 Å². The number of thioether (sulfide) groups is 1. The third-order valence-electron chi connectivity index (χ3n) is 1.51. The highest BCUT2D eigenvalue weighted by Crippen LogP contribution is 2.20. The van der Waals surface area contributed by atoms with E-state index in [1.165, 1.54) is 13.2 Å². The molecular formula is C10H10BrO2S. The monoisotopic (exact) mass is 273 g/mol. The van der Waals surface area contributed by atoms with Crippen molar-refractivity contribution in [2.45, 2.75) is 4.90 Å². The van der Waals surface area contributed by atoms with Crippen LogP contribution in [0.25, 0.3) is 0 Å². The van der Waals surface area contributed by atoms with E-state index in [1.807, 2.05) is 24.3 Å². The highest BCUT2D eigenvalue weighted by Gasteiger charge is 1.94. The summed E-state index contributed by atoms with van der Waals surface area (Å²) in [7, 11) is 1.38. The second-order valence-corrected chi connectivity index (χ2v) is 4.50. The molecule has 0 saturated carbocycles. The van der Waals surface area contributed by atoms with Gasteiger partial charge < -0.3 is 4.74 Å². The van der Waals surface area contributed by atoms with Gasteiger partial charge in [-0.3, -0.25) is 0 Å². The lowest BCUT2D eigenvalue weighted by molar-refractivity contribution is 0.0860. The number of methoxy groups -OCH3 is 1. The van der Waals surface area contributed by atoms with Crippen molar-refractivity contribution >= 4 is 27.7 Å². The molecule has 0 atom stereocenters. The Morgan fingerprint density at radius 3 is 2.71 bits per heavy atom. The Morgan fingerprint density at radius 2 is 2.14 bits per heavy atom. The zero-order valence-corrected chi connectivity index (χ0v) is 10.1. The highest BCUT2D eigenvalue weighted by molar-refractivity contribution is 9.10. The van der Waals surface area contributed by atoms with Gasteiger partial charge >= 0.3 is 5.95 Å². The Morgan fingerprint density at radius 1 is 1.50 bits per heavy atom. The molecule has 0 spiro atoms. The maximum atomic E-state index is 10.8. The van der Waals surface area contributed by atoms with Crippen LogP contribution in [0.2, 0.25) is 0 Å². The quantitative estimate of drug-likeness (QED) is 0.621. The lowest BCUT2D eigenvalue weighted by atomic mass is 10.4. The molecule has 0 aromatic heterocycles. The van der Waals surface area contributed by atoms with Gasteiger partial charge in [-0.05, 0) is 24.3 Å². The first-order chi connectivity index (χ1) is 6.72. The van der Waals surface area contributed by atoms with Gasteiger partial charge in [0.1, 0.15) is 0 Å². The van der Waals surface area contributed by atoms with E-state index in [0.717, 1.165) is 9.37 Å². The summed E-state index contributed by atoms with van der Waals surface area (Å²) >= 11 is 4.95. The fraction of sp³-hybridized carbons (Fsp3) is 0.200. The van der Waals surface area contributed by atoms with Crippen LogP contribution >= 0.6 is 27.7 Å². The van der Waals surface area contributed by atoms with Gasteiger partial charge in [0.2, 0.25) is 0 Å². The lowest BCUT2D eigenvalue weighted by Gasteiger charge is -1.98. The third kappa shape index (κ3) is 4.07. The predicted octanol–water partition coefficient (Wildman–Crippen LogP) is 3.46. The van der Waals surface area contributed by atoms with Crippen LogP contribution in [0, 0.1) is 0 Å². The minimum absolute atomic E-state index is 0.283. The molecule has 1 aromatic carbocycles. The number of hydrogen-bond donors (Lipinski definition) is 0. The molecule has 2 nitrogen and oxygen atoms in total. The van der Waals surface area contributed by atoms with E-state index in [-0.39, 0.29) is 5.95 Å². The molecule has 0 heterocycles. The zero-order valence-electron chi connectivity index (χ0n) is 7.70. The Labute approximate surface area is 96.1 Å². The number of hydrogen-bond acceptors (Lipinski definition) is 2. The Kier molecular flexibility index (Phi) is 4.90. The Bertz CT molecular complexity index is 308. The van der Waals surface area contributed by atoms with Gasteiger partial charge in [-0.15, -0.1) is 11.8 Å². The van der Waals surface area contributed by atoms with Gasteiger partial charge in [0.05, 0.1) is 7.11 Å². The van der Waals surface area contributed by atoms with Crippen LogP contribution < -0.4 is 0 Å². The molecule has 0 N–H and O–H groups in total. The van der Waals surface area contributed by atoms with E-state index in [9.17, 15) is 5.11 Å². The number of rotatable bonds is 4. The van der Waals surface area contributed by atoms with E-state index < -0.39 is 0 Å². The van der Waals surface area contributed by atoms with Gasteiger partial charge in [0, 0.05) is 21.2 Å². The van der Waals surface area contributed by atoms with Crippen LogP contribution in [0.1, 0.15) is 0 Å². The lowest BCUT2D eigenvalue weighted by Crippen LogP contribution is -1.83. The van der Waals surface area contributed by atoms with Crippen LogP contribution in [0.3, 0.4) is 0 Å². The van der Waals surface area contributed by atoms with Crippen molar-refractivity contribution in [2.24, 2.45) is 0 Å². The first-order valence-electron chi connectivity index (χ1n) is 4.02. The largest absolute Gasteiger partial charge is 0.466 e. The van der Waals surface area contributed by atoms with Crippen molar-refractivity contribution in [1.29, 1.82) is 0 Å². The maximum absolute atomic E-state index is 10.8. The molecule has 0 aliphatic carbocycles. The number of benzene rings is 1.